The number of rotatable bonds is 4. The number of sulfonamides is 1. The van der Waals surface area contributed by atoms with E-state index in [1.807, 2.05) is 10.7 Å². The summed E-state index contributed by atoms with van der Waals surface area (Å²) in [5.74, 6) is 1.09. The van der Waals surface area contributed by atoms with E-state index in [1.165, 1.54) is 12.8 Å². The van der Waals surface area contributed by atoms with E-state index in [-0.39, 0.29) is 0 Å². The third-order valence-corrected chi connectivity index (χ3v) is 7.67. The van der Waals surface area contributed by atoms with Crippen molar-refractivity contribution in [3.8, 4) is 0 Å². The minimum Gasteiger partial charge on any atom is -0.304 e. The summed E-state index contributed by atoms with van der Waals surface area (Å²) < 4.78 is 31.9. The van der Waals surface area contributed by atoms with Crippen LogP contribution < -0.4 is 0 Å². The zero-order valence-electron chi connectivity index (χ0n) is 15.3. The number of benzene rings is 1. The lowest BCUT2D eigenvalue weighted by Crippen LogP contribution is -2.48. The van der Waals surface area contributed by atoms with Crippen LogP contribution in [0.15, 0.2) is 35.2 Å². The molecule has 0 spiro atoms. The first-order valence-electron chi connectivity index (χ1n) is 9.50. The Morgan fingerprint density at radius 3 is 2.44 bits per heavy atom. The van der Waals surface area contributed by atoms with Gasteiger partial charge in [0.25, 0.3) is 0 Å². The van der Waals surface area contributed by atoms with Gasteiger partial charge in [-0.3, -0.25) is 4.90 Å². The standard InChI is InChI=1S/C18H25N5O2S2/c24-27(25,16-7-3-1-4-8-16)21-13-11-20(12-14-21)15-23-18(26)22-10-6-2-5-9-17(22)19-23/h1,3-4,7-8H,2,5-6,9-15H2. The van der Waals surface area contributed by atoms with Crippen molar-refractivity contribution in [1.82, 2.24) is 23.6 Å². The molecule has 2 aliphatic rings. The van der Waals surface area contributed by atoms with Crippen molar-refractivity contribution in [2.24, 2.45) is 0 Å². The van der Waals surface area contributed by atoms with Crippen molar-refractivity contribution >= 4 is 22.2 Å². The Labute approximate surface area is 165 Å². The monoisotopic (exact) mass is 407 g/mol. The van der Waals surface area contributed by atoms with E-state index in [0.717, 1.165) is 30.0 Å². The van der Waals surface area contributed by atoms with Gasteiger partial charge in [-0.05, 0) is 37.2 Å². The number of fused-ring (bicyclic) bond motifs is 1. The maximum atomic E-state index is 12.7. The van der Waals surface area contributed by atoms with Crippen LogP contribution >= 0.6 is 12.2 Å². The lowest BCUT2D eigenvalue weighted by atomic mass is 10.2. The Kier molecular flexibility index (Phi) is 5.45. The zero-order valence-corrected chi connectivity index (χ0v) is 17.0. The Morgan fingerprint density at radius 1 is 0.963 bits per heavy atom. The molecule has 1 fully saturated rings. The first-order valence-corrected chi connectivity index (χ1v) is 11.3. The van der Waals surface area contributed by atoms with Gasteiger partial charge in [0.05, 0.1) is 11.6 Å². The second-order valence-electron chi connectivity index (χ2n) is 7.14. The van der Waals surface area contributed by atoms with Gasteiger partial charge in [0.15, 0.2) is 4.77 Å². The lowest BCUT2D eigenvalue weighted by Gasteiger charge is -2.33. The molecule has 2 aliphatic heterocycles. The van der Waals surface area contributed by atoms with Gasteiger partial charge in [-0.1, -0.05) is 24.6 Å². The minimum atomic E-state index is -3.41. The highest BCUT2D eigenvalue weighted by Gasteiger charge is 2.28. The second kappa shape index (κ2) is 7.83. The van der Waals surface area contributed by atoms with Gasteiger partial charge in [-0.2, -0.15) is 9.40 Å². The molecule has 3 heterocycles. The highest BCUT2D eigenvalue weighted by Crippen LogP contribution is 2.18. The molecule has 0 atom stereocenters. The summed E-state index contributed by atoms with van der Waals surface area (Å²) in [6, 6.07) is 8.65. The molecule has 0 saturated carbocycles. The molecule has 2 aromatic rings. The topological polar surface area (TPSA) is 63.4 Å². The molecule has 0 unspecified atom stereocenters. The van der Waals surface area contributed by atoms with Crippen LogP contribution in [0.4, 0.5) is 0 Å². The fraction of sp³-hybridized carbons (Fsp3) is 0.556. The third-order valence-electron chi connectivity index (χ3n) is 5.33. The smallest absolute Gasteiger partial charge is 0.243 e. The van der Waals surface area contributed by atoms with Crippen molar-refractivity contribution < 1.29 is 8.42 Å². The van der Waals surface area contributed by atoms with Crippen LogP contribution in [-0.4, -0.2) is 58.1 Å². The summed E-state index contributed by atoms with van der Waals surface area (Å²) in [5, 5.41) is 4.72. The van der Waals surface area contributed by atoms with E-state index in [2.05, 4.69) is 9.47 Å². The van der Waals surface area contributed by atoms with Gasteiger partial charge in [0.1, 0.15) is 5.82 Å². The van der Waals surface area contributed by atoms with E-state index < -0.39 is 10.0 Å². The maximum Gasteiger partial charge on any atom is 0.243 e. The fourth-order valence-corrected chi connectivity index (χ4v) is 5.50. The largest absolute Gasteiger partial charge is 0.304 e. The van der Waals surface area contributed by atoms with Gasteiger partial charge in [0.2, 0.25) is 10.0 Å². The Morgan fingerprint density at radius 2 is 1.70 bits per heavy atom. The van der Waals surface area contributed by atoms with Crippen molar-refractivity contribution in [2.75, 3.05) is 26.2 Å². The average molecular weight is 408 g/mol. The summed E-state index contributed by atoms with van der Waals surface area (Å²) in [6.07, 6.45) is 4.54. The normalized spacial score (nSPS) is 19.6. The minimum absolute atomic E-state index is 0.360. The summed E-state index contributed by atoms with van der Waals surface area (Å²) in [4.78, 5) is 2.58. The Balaban J connectivity index is 1.41. The van der Waals surface area contributed by atoms with Crippen LogP contribution in [0.5, 0.6) is 0 Å². The molecule has 0 bridgehead atoms. The highest BCUT2D eigenvalue weighted by atomic mass is 32.2. The first kappa shape index (κ1) is 18.8. The van der Waals surface area contributed by atoms with Gasteiger partial charge in [0, 0.05) is 39.1 Å². The number of hydrogen-bond acceptors (Lipinski definition) is 5. The predicted molar refractivity (Wildman–Crippen MR) is 105 cm³/mol. The summed E-state index contributed by atoms with van der Waals surface area (Å²) >= 11 is 5.62. The first-order chi connectivity index (χ1) is 13.1. The molecule has 0 radical (unpaired) electrons. The average Bonchev–Trinajstić information content (AvgIpc) is 2.86. The van der Waals surface area contributed by atoms with E-state index in [1.54, 1.807) is 28.6 Å². The molecule has 0 aliphatic carbocycles. The second-order valence-corrected chi connectivity index (χ2v) is 9.44. The van der Waals surface area contributed by atoms with Crippen LogP contribution in [0.25, 0.3) is 0 Å². The van der Waals surface area contributed by atoms with Gasteiger partial charge in [-0.15, -0.1) is 0 Å². The van der Waals surface area contributed by atoms with Crippen LogP contribution in [0.3, 0.4) is 0 Å². The molecule has 4 rings (SSSR count). The number of aryl methyl sites for hydroxylation is 1. The maximum absolute atomic E-state index is 12.7. The van der Waals surface area contributed by atoms with Crippen LogP contribution in [0.2, 0.25) is 0 Å². The number of piperazine rings is 1. The van der Waals surface area contributed by atoms with E-state index in [0.29, 0.717) is 37.7 Å². The van der Waals surface area contributed by atoms with Crippen LogP contribution in [0, 0.1) is 4.77 Å². The Hall–Kier alpha value is -1.55. The fourth-order valence-electron chi connectivity index (χ4n) is 3.76. The van der Waals surface area contributed by atoms with Gasteiger partial charge >= 0.3 is 0 Å². The number of hydrogen-bond donors (Lipinski definition) is 0. The summed E-state index contributed by atoms with van der Waals surface area (Å²) in [5.41, 5.74) is 0. The van der Waals surface area contributed by atoms with Crippen molar-refractivity contribution in [1.29, 1.82) is 0 Å². The molecular formula is C18H25N5O2S2. The molecule has 1 saturated heterocycles. The molecule has 1 aromatic heterocycles. The van der Waals surface area contributed by atoms with Crippen molar-refractivity contribution in [2.45, 2.75) is 43.8 Å². The molecule has 27 heavy (non-hydrogen) atoms. The van der Waals surface area contributed by atoms with Crippen molar-refractivity contribution in [3.63, 3.8) is 0 Å². The SMILES string of the molecule is O=S(=O)(c1ccccc1)N1CCN(Cn2nc3n(c2=S)CCCCC3)CC1. The van der Waals surface area contributed by atoms with Gasteiger partial charge < -0.3 is 4.57 Å². The predicted octanol–water partition coefficient (Wildman–Crippen LogP) is 2.10. The molecule has 9 heteroatoms. The molecule has 0 N–H and O–H groups in total. The molecule has 0 amide bonds. The van der Waals surface area contributed by atoms with Crippen molar-refractivity contribution in [3.05, 3.63) is 40.9 Å². The van der Waals surface area contributed by atoms with E-state index in [9.17, 15) is 8.42 Å². The van der Waals surface area contributed by atoms with Crippen LogP contribution in [0.1, 0.15) is 25.1 Å². The molecule has 146 valence electrons. The molecular weight excluding hydrogens is 382 g/mol. The summed E-state index contributed by atoms with van der Waals surface area (Å²) in [6.45, 7) is 3.90. The van der Waals surface area contributed by atoms with E-state index in [4.69, 9.17) is 17.3 Å². The quantitative estimate of drug-likeness (QED) is 0.727. The number of aromatic nitrogens is 3. The van der Waals surface area contributed by atoms with Crippen LogP contribution in [-0.2, 0) is 29.7 Å². The lowest BCUT2D eigenvalue weighted by molar-refractivity contribution is 0.144. The van der Waals surface area contributed by atoms with Gasteiger partial charge in [-0.25, -0.2) is 13.1 Å². The highest BCUT2D eigenvalue weighted by molar-refractivity contribution is 7.89. The zero-order chi connectivity index (χ0) is 18.9. The third kappa shape index (κ3) is 3.87. The molecule has 1 aromatic carbocycles. The Bertz CT molecular complexity index is 944. The number of nitrogens with zero attached hydrogens (tertiary/aromatic N) is 5. The molecule has 7 nitrogen and oxygen atoms in total. The van der Waals surface area contributed by atoms with E-state index >= 15 is 0 Å². The summed E-state index contributed by atoms with van der Waals surface area (Å²) in [7, 11) is -3.41.